The van der Waals surface area contributed by atoms with E-state index in [0.717, 1.165) is 0 Å². The SMILES string of the molecule is [B]PC(P(P)P)P(P)P. The lowest BCUT2D eigenvalue weighted by atomic mass is 10.8. The Hall–Kier alpha value is 3.07. The van der Waals surface area contributed by atoms with Crippen LogP contribution in [0.2, 0.25) is 0 Å². The summed E-state index contributed by atoms with van der Waals surface area (Å²) in [5, 5.41) is 0.708. The van der Waals surface area contributed by atoms with Gasteiger partial charge in [-0.25, -0.2) is 0 Å². The third-order valence-electron chi connectivity index (χ3n) is 0.714. The normalized spacial score (nSPS) is 13.2. The number of rotatable bonds is 3. The van der Waals surface area contributed by atoms with E-state index < -0.39 is 0 Å². The van der Waals surface area contributed by atoms with E-state index in [1.807, 2.05) is 0 Å². The summed E-state index contributed by atoms with van der Waals surface area (Å²) in [6.45, 7) is 0. The van der Waals surface area contributed by atoms with Gasteiger partial charge in [0.2, 0.25) is 0 Å². The second-order valence-electron chi connectivity index (χ2n) is 1.43. The molecule has 5 unspecified atom stereocenters. The van der Waals surface area contributed by atoms with Crippen LogP contribution < -0.4 is 0 Å². The highest BCUT2D eigenvalue weighted by molar-refractivity contribution is 8.55. The van der Waals surface area contributed by atoms with Crippen LogP contribution in [0.1, 0.15) is 0 Å². The van der Waals surface area contributed by atoms with Crippen LogP contribution in [-0.4, -0.2) is 12.7 Å². The number of hydrogen-bond acceptors (Lipinski definition) is 0. The first-order valence-electron chi connectivity index (χ1n) is 2.13. The Bertz CT molecular complexity index is 63.3. The molecule has 0 aromatic heterocycles. The third-order valence-corrected chi connectivity index (χ3v) is 16.6. The summed E-state index contributed by atoms with van der Waals surface area (Å²) in [5.74, 6) is 0. The lowest BCUT2D eigenvalue weighted by Crippen LogP contribution is -1.78. The van der Waals surface area contributed by atoms with E-state index in [1.54, 1.807) is 0 Å². The lowest BCUT2D eigenvalue weighted by molar-refractivity contribution is 2.06. The largest absolute Gasteiger partial charge is 0.158 e. The first kappa shape index (κ1) is 12.1. The highest BCUT2D eigenvalue weighted by atomic mass is 32.4. The van der Waals surface area contributed by atoms with Gasteiger partial charge in [-0.1, -0.05) is 14.6 Å². The molecule has 0 nitrogen and oxygen atoms in total. The van der Waals surface area contributed by atoms with Gasteiger partial charge in [-0.15, -0.1) is 35.7 Å². The molecule has 8 heteroatoms. The third kappa shape index (κ3) is 5.34. The van der Waals surface area contributed by atoms with Gasteiger partial charge in [0, 0.05) is 5.14 Å². The summed E-state index contributed by atoms with van der Waals surface area (Å²) >= 11 is 0. The van der Waals surface area contributed by atoms with Gasteiger partial charge in [0.25, 0.3) is 0 Å². The van der Waals surface area contributed by atoms with E-state index >= 15 is 0 Å². The summed E-state index contributed by atoms with van der Waals surface area (Å²) in [5.41, 5.74) is 0. The van der Waals surface area contributed by atoms with Gasteiger partial charge in [0.1, 0.15) is 7.57 Å². The molecule has 0 aromatic carbocycles. The molecule has 0 spiro atoms. The van der Waals surface area contributed by atoms with Crippen LogP contribution in [0.4, 0.5) is 0 Å². The fourth-order valence-electron chi connectivity index (χ4n) is 0.326. The monoisotopic (exact) mass is 250 g/mol. The highest BCUT2D eigenvalue weighted by Gasteiger charge is 2.13. The molecule has 0 rings (SSSR count). The number of hydrogen-bond donors (Lipinski definition) is 0. The zero-order valence-corrected chi connectivity index (χ0v) is 12.3. The summed E-state index contributed by atoms with van der Waals surface area (Å²) in [4.78, 5) is 0. The minimum Gasteiger partial charge on any atom is -0.158 e. The van der Waals surface area contributed by atoms with Crippen molar-refractivity contribution >= 4 is 66.3 Å². The maximum atomic E-state index is 5.58. The van der Waals surface area contributed by atoms with E-state index in [2.05, 4.69) is 35.7 Å². The molecule has 0 heterocycles. The van der Waals surface area contributed by atoms with Crippen molar-refractivity contribution in [3.8, 4) is 0 Å². The first-order valence-corrected chi connectivity index (χ1v) is 12.6. The van der Waals surface area contributed by atoms with Crippen LogP contribution in [-0.2, 0) is 0 Å². The fraction of sp³-hybridized carbons (Fsp3) is 1.00. The molecule has 0 saturated heterocycles. The van der Waals surface area contributed by atoms with Crippen LogP contribution in [0, 0.1) is 0 Å². The van der Waals surface area contributed by atoms with Crippen LogP contribution in [0.5, 0.6) is 0 Å². The van der Waals surface area contributed by atoms with Gasteiger partial charge in [-0.3, -0.25) is 0 Å². The quantitative estimate of drug-likeness (QED) is 0.533. The minimum absolute atomic E-state index is 0.00437. The Labute approximate surface area is 71.7 Å². The van der Waals surface area contributed by atoms with Gasteiger partial charge in [0.15, 0.2) is 0 Å². The highest BCUT2D eigenvalue weighted by Crippen LogP contribution is 2.77. The summed E-state index contributed by atoms with van der Waals surface area (Å²) in [7, 11) is 17.5. The predicted molar refractivity (Wildman–Crippen MR) is 70.5 cm³/mol. The maximum Gasteiger partial charge on any atom is 0.105 e. The van der Waals surface area contributed by atoms with Gasteiger partial charge in [-0.2, -0.15) is 8.46 Å². The topological polar surface area (TPSA) is 0 Å². The van der Waals surface area contributed by atoms with E-state index in [9.17, 15) is 0 Å². The smallest absolute Gasteiger partial charge is 0.105 e. The van der Waals surface area contributed by atoms with Crippen LogP contribution in [0.3, 0.4) is 0 Å². The molecule has 5 atom stereocenters. The summed E-state index contributed by atoms with van der Waals surface area (Å²) < 4.78 is 0. The van der Waals surface area contributed by atoms with Gasteiger partial charge in [0.05, 0.1) is 0 Å². The first-order chi connectivity index (χ1) is 4.09. The van der Waals surface area contributed by atoms with Gasteiger partial charge in [-0.05, 0) is 0 Å². The predicted octanol–water partition coefficient (Wildman–Crippen LogP) is 3.16. The van der Waals surface area contributed by atoms with Crippen molar-refractivity contribution in [3.05, 3.63) is 0 Å². The average Bonchev–Trinajstić information content (AvgIpc) is 1.64. The molecule has 2 radical (unpaired) electrons. The molecule has 0 fully saturated rings. The Balaban J connectivity index is 3.68. The minimum atomic E-state index is 0.00437. The van der Waals surface area contributed by atoms with Crippen molar-refractivity contribution in [1.82, 2.24) is 0 Å². The van der Waals surface area contributed by atoms with Crippen LogP contribution in [0.15, 0.2) is 0 Å². The maximum absolute atomic E-state index is 5.58. The zero-order chi connectivity index (χ0) is 7.44. The molecule has 0 aliphatic rings. The van der Waals surface area contributed by atoms with Crippen LogP contribution in [0.25, 0.3) is 0 Å². The lowest BCUT2D eigenvalue weighted by Gasteiger charge is -2.22. The van der Waals surface area contributed by atoms with E-state index in [4.69, 9.17) is 7.57 Å². The Morgan fingerprint density at radius 3 is 1.44 bits per heavy atom. The molecule has 0 bridgehead atoms. The molecule has 0 amide bonds. The van der Waals surface area contributed by atoms with Gasteiger partial charge >= 0.3 is 0 Å². The molecule has 0 N–H and O–H groups in total. The molecular formula is CH10BP7. The molecule has 0 saturated carbocycles. The molecule has 52 valence electrons. The molecule has 0 aromatic rings. The molecule has 9 heavy (non-hydrogen) atoms. The standard InChI is InChI=1S/CH10BP7/c2-7-1(8(3)4)9(5)6/h1,7H,3-6H2. The Morgan fingerprint density at radius 1 is 1.11 bits per heavy atom. The zero-order valence-electron chi connectivity index (χ0n) is 4.86. The van der Waals surface area contributed by atoms with Crippen molar-refractivity contribution < 1.29 is 0 Å². The fourth-order valence-corrected chi connectivity index (χ4v) is 17.1. The summed E-state index contributed by atoms with van der Waals surface area (Å²) in [6, 6.07) is 0. The van der Waals surface area contributed by atoms with E-state index in [0.29, 0.717) is 13.6 Å². The van der Waals surface area contributed by atoms with Crippen molar-refractivity contribution in [1.29, 1.82) is 0 Å². The van der Waals surface area contributed by atoms with Crippen molar-refractivity contribution in [2.45, 2.75) is 5.14 Å². The average molecular weight is 250 g/mol. The Kier molecular flexibility index (Phi) is 8.82. The summed E-state index contributed by atoms with van der Waals surface area (Å²) in [6.07, 6.45) is 0. The molecule has 0 aliphatic heterocycles. The Morgan fingerprint density at radius 2 is 1.44 bits per heavy atom. The van der Waals surface area contributed by atoms with Crippen molar-refractivity contribution in [2.24, 2.45) is 0 Å². The second-order valence-corrected chi connectivity index (χ2v) is 17.3. The van der Waals surface area contributed by atoms with E-state index in [-0.39, 0.29) is 14.6 Å². The van der Waals surface area contributed by atoms with Gasteiger partial charge < -0.3 is 0 Å². The second kappa shape index (κ2) is 6.58. The van der Waals surface area contributed by atoms with E-state index in [1.165, 1.54) is 0 Å². The molecular weight excluding hydrogens is 240 g/mol. The van der Waals surface area contributed by atoms with Crippen molar-refractivity contribution in [2.75, 3.05) is 0 Å². The van der Waals surface area contributed by atoms with Crippen molar-refractivity contribution in [3.63, 3.8) is 0 Å². The molecule has 0 aliphatic carbocycles. The van der Waals surface area contributed by atoms with Crippen LogP contribution >= 0.6 is 58.8 Å².